The van der Waals surface area contributed by atoms with Gasteiger partial charge < -0.3 is 10.2 Å². The molecule has 0 saturated carbocycles. The highest BCUT2D eigenvalue weighted by molar-refractivity contribution is 5.56. The molecule has 1 fully saturated rings. The molecule has 0 aromatic heterocycles. The molecule has 0 amide bonds. The van der Waals surface area contributed by atoms with E-state index in [-0.39, 0.29) is 5.82 Å². The molecule has 21 heavy (non-hydrogen) atoms. The molecule has 1 aliphatic rings. The minimum absolute atomic E-state index is 0.0920. The van der Waals surface area contributed by atoms with E-state index in [0.717, 1.165) is 56.9 Å². The van der Waals surface area contributed by atoms with Crippen molar-refractivity contribution >= 4 is 5.69 Å². The van der Waals surface area contributed by atoms with Crippen molar-refractivity contribution in [2.75, 3.05) is 37.6 Å². The first kappa shape index (κ1) is 16.2. The average Bonchev–Trinajstić information content (AvgIpc) is 2.95. The van der Waals surface area contributed by atoms with Crippen LogP contribution in [0.4, 0.5) is 10.1 Å². The van der Waals surface area contributed by atoms with Crippen molar-refractivity contribution in [3.8, 4) is 0 Å². The number of hydrogen-bond donors (Lipinski definition) is 1. The number of nitrogens with one attached hydrogen (secondary N) is 1. The van der Waals surface area contributed by atoms with Crippen LogP contribution in [0.3, 0.4) is 0 Å². The van der Waals surface area contributed by atoms with Crippen LogP contribution in [0, 0.1) is 5.82 Å². The standard InChI is InChI=1S/C17H28FN3/c1-4-19-12-14-8-7-9-16(18)17(14)21-11-10-15(13-21)20(5-2)6-3/h7-9,15,19H,4-6,10-13H2,1-3H3. The Morgan fingerprint density at radius 1 is 1.29 bits per heavy atom. The summed E-state index contributed by atoms with van der Waals surface area (Å²) in [4.78, 5) is 4.70. The molecule has 1 N–H and O–H groups in total. The van der Waals surface area contributed by atoms with Gasteiger partial charge in [0.1, 0.15) is 5.82 Å². The summed E-state index contributed by atoms with van der Waals surface area (Å²) in [5, 5.41) is 3.31. The molecule has 1 saturated heterocycles. The number of hydrogen-bond acceptors (Lipinski definition) is 3. The number of halogens is 1. The SMILES string of the molecule is CCNCc1cccc(F)c1N1CCC(N(CC)CC)C1. The van der Waals surface area contributed by atoms with Crippen LogP contribution >= 0.6 is 0 Å². The number of likely N-dealkylation sites (N-methyl/N-ethyl adjacent to an activating group) is 1. The molecule has 0 bridgehead atoms. The summed E-state index contributed by atoms with van der Waals surface area (Å²) >= 11 is 0. The maximum atomic E-state index is 14.3. The zero-order valence-electron chi connectivity index (χ0n) is 13.5. The summed E-state index contributed by atoms with van der Waals surface area (Å²) in [6, 6.07) is 5.97. The molecule has 1 aliphatic heterocycles. The van der Waals surface area contributed by atoms with Gasteiger partial charge in [-0.25, -0.2) is 4.39 Å². The Bertz CT molecular complexity index is 446. The van der Waals surface area contributed by atoms with Crippen LogP contribution in [-0.4, -0.2) is 43.7 Å². The third kappa shape index (κ3) is 3.74. The molecule has 2 rings (SSSR count). The summed E-state index contributed by atoms with van der Waals surface area (Å²) in [6.07, 6.45) is 1.12. The summed E-state index contributed by atoms with van der Waals surface area (Å²) < 4.78 is 14.3. The van der Waals surface area contributed by atoms with E-state index < -0.39 is 0 Å². The molecule has 4 heteroatoms. The van der Waals surface area contributed by atoms with Crippen molar-refractivity contribution < 1.29 is 4.39 Å². The van der Waals surface area contributed by atoms with Gasteiger partial charge in [-0.1, -0.05) is 32.9 Å². The Kier molecular flexibility index (Phi) is 6.00. The van der Waals surface area contributed by atoms with Gasteiger partial charge >= 0.3 is 0 Å². The fourth-order valence-electron chi connectivity index (χ4n) is 3.30. The van der Waals surface area contributed by atoms with Crippen molar-refractivity contribution in [3.63, 3.8) is 0 Å². The average molecular weight is 293 g/mol. The normalized spacial score (nSPS) is 18.7. The van der Waals surface area contributed by atoms with Crippen LogP contribution < -0.4 is 10.2 Å². The Labute approximate surface area is 128 Å². The van der Waals surface area contributed by atoms with Crippen LogP contribution in [0.5, 0.6) is 0 Å². The Morgan fingerprint density at radius 2 is 2.05 bits per heavy atom. The minimum Gasteiger partial charge on any atom is -0.367 e. The molecule has 1 heterocycles. The zero-order valence-corrected chi connectivity index (χ0v) is 13.5. The fourth-order valence-corrected chi connectivity index (χ4v) is 3.30. The number of para-hydroxylation sites is 1. The first-order valence-corrected chi connectivity index (χ1v) is 8.18. The lowest BCUT2D eigenvalue weighted by atomic mass is 10.1. The topological polar surface area (TPSA) is 18.5 Å². The number of anilines is 1. The largest absolute Gasteiger partial charge is 0.367 e. The Balaban J connectivity index is 2.15. The summed E-state index contributed by atoms with van der Waals surface area (Å²) in [7, 11) is 0. The maximum absolute atomic E-state index is 14.3. The first-order valence-electron chi connectivity index (χ1n) is 8.18. The van der Waals surface area contributed by atoms with E-state index in [2.05, 4.69) is 35.9 Å². The third-order valence-corrected chi connectivity index (χ3v) is 4.44. The van der Waals surface area contributed by atoms with Crippen molar-refractivity contribution in [2.45, 2.75) is 39.8 Å². The molecule has 1 unspecified atom stereocenters. The second-order valence-electron chi connectivity index (χ2n) is 5.64. The molecule has 0 aliphatic carbocycles. The number of nitrogens with zero attached hydrogens (tertiary/aromatic N) is 2. The minimum atomic E-state index is -0.0920. The lowest BCUT2D eigenvalue weighted by Crippen LogP contribution is -2.37. The third-order valence-electron chi connectivity index (χ3n) is 4.44. The van der Waals surface area contributed by atoms with E-state index in [9.17, 15) is 4.39 Å². The highest BCUT2D eigenvalue weighted by Crippen LogP contribution is 2.29. The predicted octanol–water partition coefficient (Wildman–Crippen LogP) is 2.86. The van der Waals surface area contributed by atoms with Crippen LogP contribution in [0.1, 0.15) is 32.8 Å². The van der Waals surface area contributed by atoms with Crippen LogP contribution in [0.15, 0.2) is 18.2 Å². The van der Waals surface area contributed by atoms with E-state index >= 15 is 0 Å². The second kappa shape index (κ2) is 7.76. The zero-order chi connectivity index (χ0) is 15.2. The lowest BCUT2D eigenvalue weighted by Gasteiger charge is -2.27. The maximum Gasteiger partial charge on any atom is 0.146 e. The highest BCUT2D eigenvalue weighted by Gasteiger charge is 2.28. The molecule has 118 valence electrons. The summed E-state index contributed by atoms with van der Waals surface area (Å²) in [5.41, 5.74) is 1.87. The van der Waals surface area contributed by atoms with E-state index in [1.165, 1.54) is 0 Å². The van der Waals surface area contributed by atoms with Gasteiger partial charge in [0.25, 0.3) is 0 Å². The monoisotopic (exact) mass is 293 g/mol. The first-order chi connectivity index (χ1) is 10.2. The van der Waals surface area contributed by atoms with Gasteiger partial charge in [0.2, 0.25) is 0 Å². The lowest BCUT2D eigenvalue weighted by molar-refractivity contribution is 0.232. The Morgan fingerprint density at radius 3 is 2.71 bits per heavy atom. The molecule has 3 nitrogen and oxygen atoms in total. The van der Waals surface area contributed by atoms with Crippen molar-refractivity contribution in [3.05, 3.63) is 29.6 Å². The van der Waals surface area contributed by atoms with Gasteiger partial charge in [-0.2, -0.15) is 0 Å². The van der Waals surface area contributed by atoms with Crippen molar-refractivity contribution in [1.82, 2.24) is 10.2 Å². The summed E-state index contributed by atoms with van der Waals surface area (Å²) in [5.74, 6) is -0.0920. The van der Waals surface area contributed by atoms with Gasteiger partial charge in [0, 0.05) is 25.7 Å². The number of rotatable bonds is 7. The smallest absolute Gasteiger partial charge is 0.146 e. The molecular weight excluding hydrogens is 265 g/mol. The number of benzene rings is 1. The van der Waals surface area contributed by atoms with Gasteiger partial charge in [-0.05, 0) is 37.7 Å². The summed E-state index contributed by atoms with van der Waals surface area (Å²) in [6.45, 7) is 12.1. The van der Waals surface area contributed by atoms with Crippen molar-refractivity contribution in [2.24, 2.45) is 0 Å². The molecule has 1 atom stereocenters. The molecule has 0 spiro atoms. The molecular formula is C17H28FN3. The van der Waals surface area contributed by atoms with E-state index in [0.29, 0.717) is 6.04 Å². The highest BCUT2D eigenvalue weighted by atomic mass is 19.1. The molecule has 0 radical (unpaired) electrons. The fraction of sp³-hybridized carbons (Fsp3) is 0.647. The molecule has 1 aromatic rings. The van der Waals surface area contributed by atoms with Crippen LogP contribution in [-0.2, 0) is 6.54 Å². The Hall–Kier alpha value is -1.13. The van der Waals surface area contributed by atoms with Crippen LogP contribution in [0.2, 0.25) is 0 Å². The molecule has 1 aromatic carbocycles. The second-order valence-corrected chi connectivity index (χ2v) is 5.64. The van der Waals surface area contributed by atoms with Crippen molar-refractivity contribution in [1.29, 1.82) is 0 Å². The van der Waals surface area contributed by atoms with Crippen LogP contribution in [0.25, 0.3) is 0 Å². The van der Waals surface area contributed by atoms with E-state index in [4.69, 9.17) is 0 Å². The van der Waals surface area contributed by atoms with E-state index in [1.807, 2.05) is 12.1 Å². The van der Waals surface area contributed by atoms with Gasteiger partial charge in [0.15, 0.2) is 0 Å². The predicted molar refractivity (Wildman–Crippen MR) is 87.3 cm³/mol. The van der Waals surface area contributed by atoms with Gasteiger partial charge in [-0.15, -0.1) is 0 Å². The van der Waals surface area contributed by atoms with E-state index in [1.54, 1.807) is 6.07 Å². The van der Waals surface area contributed by atoms with Gasteiger partial charge in [0.05, 0.1) is 5.69 Å². The van der Waals surface area contributed by atoms with Gasteiger partial charge in [-0.3, -0.25) is 4.90 Å². The quantitative estimate of drug-likeness (QED) is 0.834.